The van der Waals surface area contributed by atoms with Crippen LogP contribution in [0.2, 0.25) is 0 Å². The maximum atomic E-state index is 4.82. The molecule has 0 aliphatic heterocycles. The number of hydrogen-bond donors (Lipinski definition) is 0. The third kappa shape index (κ3) is 2.88. The quantitative estimate of drug-likeness (QED) is 0.613. The van der Waals surface area contributed by atoms with Crippen LogP contribution in [0.25, 0.3) is 10.9 Å². The summed E-state index contributed by atoms with van der Waals surface area (Å²) >= 11 is 3.48. The number of para-hydroxylation sites is 1. The molecule has 0 amide bonds. The normalized spacial score (nSPS) is 16.3. The zero-order valence-corrected chi connectivity index (χ0v) is 16.8. The Hall–Kier alpha value is -0.778. The van der Waals surface area contributed by atoms with Gasteiger partial charge in [-0.1, -0.05) is 0 Å². The molecule has 0 saturated heterocycles. The molecule has 23 heavy (non-hydrogen) atoms. The summed E-state index contributed by atoms with van der Waals surface area (Å²) in [5.74, 6) is 0. The molecule has 1 aliphatic carbocycles. The van der Waals surface area contributed by atoms with Gasteiger partial charge in [0, 0.05) is 0 Å². The van der Waals surface area contributed by atoms with Gasteiger partial charge in [-0.2, -0.15) is 0 Å². The van der Waals surface area contributed by atoms with Gasteiger partial charge in [-0.05, 0) is 0 Å². The topological polar surface area (TPSA) is 12.9 Å². The Labute approximate surface area is 159 Å². The Morgan fingerprint density at radius 3 is 1.96 bits per heavy atom. The van der Waals surface area contributed by atoms with E-state index in [0.29, 0.717) is 0 Å². The first-order valence-corrected chi connectivity index (χ1v) is 7.94. The first-order chi connectivity index (χ1) is 9.87. The number of aryl methyl sites for hydroxylation is 1. The van der Waals surface area contributed by atoms with E-state index in [-0.39, 0.29) is 29.1 Å². The van der Waals surface area contributed by atoms with Crippen LogP contribution in [0.3, 0.4) is 0 Å². The average Bonchev–Trinajstić information content (AvgIpc) is 2.63. The molecule has 2 aromatic rings. The number of nitrogens with zero attached hydrogens (tertiary/aromatic N) is 1. The fourth-order valence-electron chi connectivity index (χ4n) is 3.30. The van der Waals surface area contributed by atoms with Crippen molar-refractivity contribution in [3.63, 3.8) is 0 Å². The van der Waals surface area contributed by atoms with Crippen LogP contribution in [0, 0.1) is 6.92 Å². The molecule has 0 spiro atoms. The van der Waals surface area contributed by atoms with Crippen LogP contribution in [-0.2, 0) is 20.6 Å². The van der Waals surface area contributed by atoms with Gasteiger partial charge in [-0.3, -0.25) is 0 Å². The van der Waals surface area contributed by atoms with E-state index >= 15 is 0 Å². The molecule has 4 heteroatoms. The second-order valence-electron chi connectivity index (χ2n) is 6.01. The second kappa shape index (κ2) is 7.00. The molecule has 0 fully saturated rings. The molecule has 0 unspecified atom stereocenters. The zero-order chi connectivity index (χ0) is 15.4. The predicted molar refractivity (Wildman–Crippen MR) is 84.9 cm³/mol. The summed E-state index contributed by atoms with van der Waals surface area (Å²) in [6, 6.07) is 10.7. The van der Waals surface area contributed by atoms with Crippen molar-refractivity contribution in [3.05, 3.63) is 63.9 Å². The van der Waals surface area contributed by atoms with E-state index in [0.717, 1.165) is 11.2 Å². The summed E-state index contributed by atoms with van der Waals surface area (Å²) in [6.45, 7) is 11.0. The largest absolute Gasteiger partial charge is 1.00 e. The Kier molecular flexibility index (Phi) is 6.16. The minimum atomic E-state index is -0.158. The number of halogens is 2. The van der Waals surface area contributed by atoms with E-state index in [4.69, 9.17) is 4.98 Å². The summed E-state index contributed by atoms with van der Waals surface area (Å²) < 4.78 is -0.158. The van der Waals surface area contributed by atoms with Gasteiger partial charge >= 0.3 is 135 Å². The van der Waals surface area contributed by atoms with Gasteiger partial charge < -0.3 is 24.8 Å². The average molecular weight is 385 g/mol. The number of allylic oxidation sites excluding steroid dienone is 4. The van der Waals surface area contributed by atoms with Gasteiger partial charge in [-0.15, -0.1) is 0 Å². The van der Waals surface area contributed by atoms with E-state index in [2.05, 4.69) is 81.2 Å². The van der Waals surface area contributed by atoms with Gasteiger partial charge in [0.15, 0.2) is 0 Å². The summed E-state index contributed by atoms with van der Waals surface area (Å²) in [7, 11) is 0. The molecular weight excluding hydrogens is 365 g/mol. The Bertz CT molecular complexity index is 797. The third-order valence-corrected chi connectivity index (χ3v) is 6.28. The van der Waals surface area contributed by atoms with Crippen molar-refractivity contribution >= 4 is 10.9 Å². The summed E-state index contributed by atoms with van der Waals surface area (Å²) in [5, 5.41) is 1.20. The van der Waals surface area contributed by atoms with Gasteiger partial charge in [0.05, 0.1) is 0 Å². The molecule has 1 aromatic heterocycles. The van der Waals surface area contributed by atoms with Gasteiger partial charge in [0.1, 0.15) is 0 Å². The van der Waals surface area contributed by atoms with E-state index in [1.165, 1.54) is 33.2 Å². The predicted octanol–water partition coefficient (Wildman–Crippen LogP) is -1.02. The summed E-state index contributed by atoms with van der Waals surface area (Å²) in [6.07, 6.45) is 0. The van der Waals surface area contributed by atoms with Crippen LogP contribution in [0.4, 0.5) is 0 Å². The Balaban J connectivity index is 0.00000132. The first-order valence-electron chi connectivity index (χ1n) is 7.31. The van der Waals surface area contributed by atoms with E-state index in [1.807, 2.05) is 0 Å². The number of fused-ring (bicyclic) bond motifs is 1. The molecule has 0 radical (unpaired) electrons. The monoisotopic (exact) mass is 384 g/mol. The molecule has 0 saturated carbocycles. The van der Waals surface area contributed by atoms with Gasteiger partial charge in [0.2, 0.25) is 0 Å². The molecule has 1 aromatic carbocycles. The second-order valence-corrected chi connectivity index (χ2v) is 6.97. The zero-order valence-electron chi connectivity index (χ0n) is 14.0. The van der Waals surface area contributed by atoms with Crippen LogP contribution in [0.1, 0.15) is 39.0 Å². The van der Waals surface area contributed by atoms with Gasteiger partial charge in [-0.25, -0.2) is 0 Å². The molecule has 1 aliphatic rings. The molecule has 3 rings (SSSR count). The number of hydrogen-bond acceptors (Lipinski definition) is 1. The molecule has 0 N–H and O–H groups in total. The van der Waals surface area contributed by atoms with Crippen molar-refractivity contribution < 1.29 is 41.1 Å². The smallest absolute Gasteiger partial charge is 1.00 e. The van der Waals surface area contributed by atoms with Crippen LogP contribution in [-0.4, -0.2) is 4.98 Å². The fourth-order valence-corrected chi connectivity index (χ4v) is 4.04. The molecular formula is C19H20Cl2CrN. The summed E-state index contributed by atoms with van der Waals surface area (Å²) in [4.78, 5) is 4.82. The van der Waals surface area contributed by atoms with E-state index < -0.39 is 0 Å². The van der Waals surface area contributed by atoms with Crippen molar-refractivity contribution in [2.24, 2.45) is 0 Å². The van der Waals surface area contributed by atoms with Crippen LogP contribution in [0.15, 0.2) is 52.6 Å². The third-order valence-electron chi connectivity index (χ3n) is 4.98. The standard InChI is InChI=1S/C19H20N.2ClH.Cr/c1-11-9-10-16-7-6-8-17(19(16)20-11)18-14(4)12(2)13(3)15(18)5;;;/h6-10H,1-5H3;2*1H;/q;;;+2/p-2. The fraction of sp³-hybridized carbons (Fsp3) is 0.316. The minimum Gasteiger partial charge on any atom is -1.00 e. The van der Waals surface area contributed by atoms with Crippen molar-refractivity contribution in [1.82, 2.24) is 4.98 Å². The number of rotatable bonds is 1. The van der Waals surface area contributed by atoms with Crippen molar-refractivity contribution in [2.45, 2.75) is 38.9 Å². The first kappa shape index (κ1) is 20.3. The maximum Gasteiger partial charge on any atom is -1.00 e. The molecule has 121 valence electrons. The summed E-state index contributed by atoms with van der Waals surface area (Å²) in [5.41, 5.74) is 9.04. The van der Waals surface area contributed by atoms with Crippen LogP contribution >= 0.6 is 0 Å². The number of pyridine rings is 1. The van der Waals surface area contributed by atoms with Crippen molar-refractivity contribution in [2.75, 3.05) is 0 Å². The van der Waals surface area contributed by atoms with Crippen LogP contribution in [0.5, 0.6) is 0 Å². The molecule has 1 heterocycles. The van der Waals surface area contributed by atoms with E-state index in [1.54, 1.807) is 0 Å². The number of benzene rings is 1. The Morgan fingerprint density at radius 1 is 0.826 bits per heavy atom. The maximum absolute atomic E-state index is 4.82. The van der Waals surface area contributed by atoms with Crippen molar-refractivity contribution in [3.8, 4) is 0 Å². The van der Waals surface area contributed by atoms with Gasteiger partial charge in [0.25, 0.3) is 0 Å². The van der Waals surface area contributed by atoms with Crippen LogP contribution < -0.4 is 24.8 Å². The minimum absolute atomic E-state index is 0. The SMILES string of the molecule is CC1=C(C)[C]([Cr+2])(c2cccc3ccc(C)nc23)C(C)=C1C.[Cl-].[Cl-]. The van der Waals surface area contributed by atoms with E-state index in [9.17, 15) is 0 Å². The molecule has 1 nitrogen and oxygen atoms in total. The number of aromatic nitrogens is 1. The Morgan fingerprint density at radius 2 is 1.39 bits per heavy atom. The molecule has 0 atom stereocenters. The van der Waals surface area contributed by atoms with Crippen molar-refractivity contribution in [1.29, 1.82) is 0 Å². The molecule has 0 bridgehead atoms.